The minimum absolute atomic E-state index is 0.193. The summed E-state index contributed by atoms with van der Waals surface area (Å²) in [6, 6.07) is 21.4. The number of hydrogen-bond acceptors (Lipinski definition) is 6. The van der Waals surface area contributed by atoms with Gasteiger partial charge in [-0.2, -0.15) is 5.10 Å². The molecule has 1 aliphatic rings. The Labute approximate surface area is 204 Å². The molecule has 1 N–H and O–H groups in total. The first-order valence-electron chi connectivity index (χ1n) is 11.9. The highest BCUT2D eigenvalue weighted by Gasteiger charge is 2.17. The van der Waals surface area contributed by atoms with Crippen LogP contribution in [-0.2, 0) is 4.74 Å². The Morgan fingerprint density at radius 3 is 2.63 bits per heavy atom. The summed E-state index contributed by atoms with van der Waals surface area (Å²) in [6.07, 6.45) is 0.877. The molecule has 1 amide bonds. The molecule has 3 heterocycles. The van der Waals surface area contributed by atoms with Crippen LogP contribution in [0.25, 0.3) is 28.2 Å². The van der Waals surface area contributed by atoms with Gasteiger partial charge in [-0.05, 0) is 31.2 Å². The van der Waals surface area contributed by atoms with Gasteiger partial charge >= 0.3 is 0 Å². The molecule has 1 aliphatic heterocycles. The fourth-order valence-electron chi connectivity index (χ4n) is 4.25. The van der Waals surface area contributed by atoms with Crippen molar-refractivity contribution in [1.29, 1.82) is 0 Å². The molecule has 1 saturated heterocycles. The van der Waals surface area contributed by atoms with Crippen molar-refractivity contribution in [1.82, 2.24) is 24.8 Å². The van der Waals surface area contributed by atoms with Crippen molar-refractivity contribution in [3.05, 3.63) is 72.4 Å². The molecule has 5 rings (SSSR count). The SMILES string of the molecule is COc1cccc(-c2cc(C(=O)NCCCN3CCOCC3)nc3cc(-c4ccccc4)nn23)c1. The van der Waals surface area contributed by atoms with Crippen molar-refractivity contribution in [2.45, 2.75) is 6.42 Å². The van der Waals surface area contributed by atoms with Crippen LogP contribution in [0.15, 0.2) is 66.7 Å². The monoisotopic (exact) mass is 471 g/mol. The van der Waals surface area contributed by atoms with E-state index in [1.165, 1.54) is 0 Å². The molecule has 0 unspecified atom stereocenters. The van der Waals surface area contributed by atoms with Crippen LogP contribution >= 0.6 is 0 Å². The normalized spacial score (nSPS) is 14.2. The maximum absolute atomic E-state index is 13.1. The molecule has 8 heteroatoms. The van der Waals surface area contributed by atoms with Crippen molar-refractivity contribution in [3.8, 4) is 28.3 Å². The molecule has 2 aromatic carbocycles. The Morgan fingerprint density at radius 1 is 1.03 bits per heavy atom. The van der Waals surface area contributed by atoms with Crippen molar-refractivity contribution < 1.29 is 14.3 Å². The van der Waals surface area contributed by atoms with Gasteiger partial charge in [0.25, 0.3) is 5.91 Å². The number of rotatable bonds is 8. The molecule has 2 aromatic heterocycles. The van der Waals surface area contributed by atoms with Crippen molar-refractivity contribution in [2.24, 2.45) is 0 Å². The Balaban J connectivity index is 1.42. The molecular weight excluding hydrogens is 442 g/mol. The Bertz CT molecular complexity index is 1300. The van der Waals surface area contributed by atoms with Crippen molar-refractivity contribution in [2.75, 3.05) is 46.5 Å². The van der Waals surface area contributed by atoms with Gasteiger partial charge in [0.15, 0.2) is 5.65 Å². The highest BCUT2D eigenvalue weighted by atomic mass is 16.5. The number of morpholine rings is 1. The fourth-order valence-corrected chi connectivity index (χ4v) is 4.25. The van der Waals surface area contributed by atoms with Crippen molar-refractivity contribution >= 4 is 11.6 Å². The number of fused-ring (bicyclic) bond motifs is 1. The standard InChI is InChI=1S/C27H29N5O3/c1-34-22-10-5-9-21(17-22)25-18-24(27(33)28-11-6-12-31-13-15-35-16-14-31)29-26-19-23(30-32(25)26)20-7-3-2-4-8-20/h2-5,7-10,17-19H,6,11-16H2,1H3,(H,28,33). The second-order valence-corrected chi connectivity index (χ2v) is 8.49. The second-order valence-electron chi connectivity index (χ2n) is 8.49. The molecule has 0 atom stereocenters. The van der Waals surface area contributed by atoms with Gasteiger partial charge in [-0.1, -0.05) is 42.5 Å². The average Bonchev–Trinajstić information content (AvgIpc) is 3.36. The van der Waals surface area contributed by atoms with E-state index in [4.69, 9.17) is 14.6 Å². The summed E-state index contributed by atoms with van der Waals surface area (Å²) in [6.45, 7) is 4.97. The zero-order chi connectivity index (χ0) is 24.0. The maximum Gasteiger partial charge on any atom is 0.270 e. The van der Waals surface area contributed by atoms with Gasteiger partial charge in [-0.15, -0.1) is 0 Å². The number of methoxy groups -OCH3 is 1. The molecule has 35 heavy (non-hydrogen) atoms. The van der Waals surface area contributed by atoms with Crippen LogP contribution in [-0.4, -0.2) is 71.9 Å². The van der Waals surface area contributed by atoms with Crippen LogP contribution in [0.2, 0.25) is 0 Å². The number of ether oxygens (including phenoxy) is 2. The lowest BCUT2D eigenvalue weighted by Crippen LogP contribution is -2.38. The minimum Gasteiger partial charge on any atom is -0.497 e. The molecule has 180 valence electrons. The number of nitrogens with one attached hydrogen (secondary N) is 1. The van der Waals surface area contributed by atoms with E-state index < -0.39 is 0 Å². The first-order valence-corrected chi connectivity index (χ1v) is 11.9. The lowest BCUT2D eigenvalue weighted by Gasteiger charge is -2.26. The summed E-state index contributed by atoms with van der Waals surface area (Å²) >= 11 is 0. The largest absolute Gasteiger partial charge is 0.497 e. The van der Waals surface area contributed by atoms with E-state index in [2.05, 4.69) is 15.2 Å². The quantitative estimate of drug-likeness (QED) is 0.396. The molecular formula is C27H29N5O3. The summed E-state index contributed by atoms with van der Waals surface area (Å²) in [5.74, 6) is 0.540. The molecule has 4 aromatic rings. The number of aromatic nitrogens is 3. The summed E-state index contributed by atoms with van der Waals surface area (Å²) in [5.41, 5.74) is 4.42. The number of amides is 1. The van der Waals surface area contributed by atoms with Gasteiger partial charge < -0.3 is 14.8 Å². The lowest BCUT2D eigenvalue weighted by atomic mass is 10.1. The highest BCUT2D eigenvalue weighted by Crippen LogP contribution is 2.27. The molecule has 0 spiro atoms. The summed E-state index contributed by atoms with van der Waals surface area (Å²) in [4.78, 5) is 20.1. The van der Waals surface area contributed by atoms with Crippen molar-refractivity contribution in [3.63, 3.8) is 0 Å². The zero-order valence-electron chi connectivity index (χ0n) is 19.8. The number of carbonyl (C=O) groups is 1. The number of nitrogens with zero attached hydrogens (tertiary/aromatic N) is 4. The third-order valence-corrected chi connectivity index (χ3v) is 6.14. The van der Waals surface area contributed by atoms with Gasteiger partial charge in [0.05, 0.1) is 31.7 Å². The van der Waals surface area contributed by atoms with Gasteiger partial charge in [-0.3, -0.25) is 9.69 Å². The summed E-state index contributed by atoms with van der Waals surface area (Å²) in [5, 5.41) is 7.84. The summed E-state index contributed by atoms with van der Waals surface area (Å²) in [7, 11) is 1.64. The van der Waals surface area contributed by atoms with E-state index in [0.29, 0.717) is 17.9 Å². The summed E-state index contributed by atoms with van der Waals surface area (Å²) < 4.78 is 12.6. The molecule has 0 bridgehead atoms. The maximum atomic E-state index is 13.1. The molecule has 0 radical (unpaired) electrons. The van der Waals surface area contributed by atoms with Crippen LogP contribution in [0.5, 0.6) is 5.75 Å². The van der Waals surface area contributed by atoms with E-state index in [1.54, 1.807) is 17.7 Å². The average molecular weight is 472 g/mol. The first kappa shape index (κ1) is 23.0. The smallest absolute Gasteiger partial charge is 0.270 e. The van der Waals surface area contributed by atoms with Crippen LogP contribution in [0.1, 0.15) is 16.9 Å². The van der Waals surface area contributed by atoms with Crippen LogP contribution in [0, 0.1) is 0 Å². The van der Waals surface area contributed by atoms with Gasteiger partial charge in [0, 0.05) is 36.8 Å². The Hall–Kier alpha value is -3.75. The third-order valence-electron chi connectivity index (χ3n) is 6.14. The van der Waals surface area contributed by atoms with Gasteiger partial charge in [0.2, 0.25) is 0 Å². The highest BCUT2D eigenvalue weighted by molar-refractivity contribution is 5.94. The minimum atomic E-state index is -0.193. The van der Waals surface area contributed by atoms with Gasteiger partial charge in [-0.25, -0.2) is 9.50 Å². The fraction of sp³-hybridized carbons (Fsp3) is 0.296. The predicted molar refractivity (Wildman–Crippen MR) is 135 cm³/mol. The second kappa shape index (κ2) is 10.7. The zero-order valence-corrected chi connectivity index (χ0v) is 19.8. The molecule has 0 aliphatic carbocycles. The lowest BCUT2D eigenvalue weighted by molar-refractivity contribution is 0.0374. The van der Waals surface area contributed by atoms with Crippen LogP contribution < -0.4 is 10.1 Å². The number of benzene rings is 2. The van der Waals surface area contributed by atoms with Crippen LogP contribution in [0.4, 0.5) is 0 Å². The topological polar surface area (TPSA) is 81.0 Å². The first-order chi connectivity index (χ1) is 17.2. The predicted octanol–water partition coefficient (Wildman–Crippen LogP) is 3.52. The Kier molecular flexibility index (Phi) is 7.02. The van der Waals surface area contributed by atoms with E-state index in [0.717, 1.165) is 67.5 Å². The van der Waals surface area contributed by atoms with Gasteiger partial charge in [0.1, 0.15) is 11.4 Å². The molecule has 0 saturated carbocycles. The number of carbonyl (C=O) groups excluding carboxylic acids is 1. The Morgan fingerprint density at radius 2 is 1.83 bits per heavy atom. The third kappa shape index (κ3) is 5.34. The molecule has 1 fully saturated rings. The van der Waals surface area contributed by atoms with E-state index in [9.17, 15) is 4.79 Å². The van der Waals surface area contributed by atoms with E-state index in [-0.39, 0.29) is 5.91 Å². The molecule has 8 nitrogen and oxygen atoms in total. The van der Waals surface area contributed by atoms with E-state index in [1.807, 2.05) is 60.7 Å². The van der Waals surface area contributed by atoms with E-state index >= 15 is 0 Å². The van der Waals surface area contributed by atoms with Crippen LogP contribution in [0.3, 0.4) is 0 Å². The number of hydrogen-bond donors (Lipinski definition) is 1.